The van der Waals surface area contributed by atoms with Gasteiger partial charge in [-0.15, -0.1) is 11.3 Å². The van der Waals surface area contributed by atoms with Gasteiger partial charge in [0.05, 0.1) is 15.8 Å². The van der Waals surface area contributed by atoms with Crippen LogP contribution in [0.2, 0.25) is 0 Å². The van der Waals surface area contributed by atoms with Gasteiger partial charge in [0, 0.05) is 16.6 Å². The van der Waals surface area contributed by atoms with Gasteiger partial charge in [-0.2, -0.15) is 5.10 Å². The molecule has 0 bridgehead atoms. The average molecular weight is 343 g/mol. The molecule has 0 saturated carbocycles. The maximum atomic E-state index is 12.8. The summed E-state index contributed by atoms with van der Waals surface area (Å²) in [6, 6.07) is 7.83. The second kappa shape index (κ2) is 6.73. The lowest BCUT2D eigenvalue weighted by molar-refractivity contribution is -0.121. The number of hydrogen-bond donors (Lipinski definition) is 1. The Bertz CT molecular complexity index is 956. The van der Waals surface area contributed by atoms with Crippen LogP contribution in [0.15, 0.2) is 29.1 Å². The van der Waals surface area contributed by atoms with Gasteiger partial charge in [0.1, 0.15) is 6.54 Å². The second-order valence-corrected chi connectivity index (χ2v) is 7.44. The summed E-state index contributed by atoms with van der Waals surface area (Å²) in [4.78, 5) is 24.9. The first-order valence-electron chi connectivity index (χ1n) is 8.13. The number of nitrogens with zero attached hydrogens (tertiary/aromatic N) is 2. The molecule has 2 heterocycles. The number of rotatable bonds is 5. The van der Waals surface area contributed by atoms with Crippen LogP contribution in [0.3, 0.4) is 0 Å². The van der Waals surface area contributed by atoms with Crippen molar-refractivity contribution in [2.45, 2.75) is 33.7 Å². The zero-order chi connectivity index (χ0) is 17.3. The minimum Gasteiger partial charge on any atom is -0.354 e. The van der Waals surface area contributed by atoms with Gasteiger partial charge in [-0.25, -0.2) is 4.68 Å². The molecular formula is C18H21N3O2S. The van der Waals surface area contributed by atoms with E-state index < -0.39 is 0 Å². The van der Waals surface area contributed by atoms with Gasteiger partial charge in [-0.05, 0) is 25.3 Å². The summed E-state index contributed by atoms with van der Waals surface area (Å²) >= 11 is 1.57. The number of hydrogen-bond acceptors (Lipinski definition) is 4. The first kappa shape index (κ1) is 16.6. The average Bonchev–Trinajstić information content (AvgIpc) is 2.92. The molecule has 0 aliphatic carbocycles. The summed E-state index contributed by atoms with van der Waals surface area (Å²) < 4.78 is 3.24. The Morgan fingerprint density at radius 1 is 1.33 bits per heavy atom. The highest BCUT2D eigenvalue weighted by atomic mass is 32.1. The van der Waals surface area contributed by atoms with Crippen LogP contribution in [-0.2, 0) is 11.3 Å². The van der Waals surface area contributed by atoms with Crippen molar-refractivity contribution < 1.29 is 4.79 Å². The number of thiophene rings is 1. The molecule has 0 saturated heterocycles. The molecule has 6 heteroatoms. The van der Waals surface area contributed by atoms with Gasteiger partial charge in [0.25, 0.3) is 5.56 Å². The minimum absolute atomic E-state index is 0.0438. The molecule has 0 unspecified atom stereocenters. The van der Waals surface area contributed by atoms with Crippen molar-refractivity contribution in [1.29, 1.82) is 0 Å². The summed E-state index contributed by atoms with van der Waals surface area (Å²) in [5, 5.41) is 8.78. The van der Waals surface area contributed by atoms with Crippen molar-refractivity contribution in [2.24, 2.45) is 5.92 Å². The van der Waals surface area contributed by atoms with E-state index in [2.05, 4.69) is 24.3 Å². The largest absolute Gasteiger partial charge is 0.354 e. The van der Waals surface area contributed by atoms with Crippen LogP contribution in [-0.4, -0.2) is 22.2 Å². The highest BCUT2D eigenvalue weighted by molar-refractivity contribution is 7.26. The van der Waals surface area contributed by atoms with Crippen LogP contribution in [0.5, 0.6) is 0 Å². The molecule has 0 aliphatic heterocycles. The third kappa shape index (κ3) is 3.19. The maximum Gasteiger partial charge on any atom is 0.276 e. The molecule has 1 N–H and O–H groups in total. The van der Waals surface area contributed by atoms with Crippen LogP contribution < -0.4 is 10.9 Å². The second-order valence-electron chi connectivity index (χ2n) is 6.38. The number of aryl methyl sites for hydroxylation is 1. The van der Waals surface area contributed by atoms with E-state index in [1.54, 1.807) is 11.3 Å². The highest BCUT2D eigenvalue weighted by Crippen LogP contribution is 2.32. The van der Waals surface area contributed by atoms with Gasteiger partial charge >= 0.3 is 0 Å². The van der Waals surface area contributed by atoms with Crippen molar-refractivity contribution in [3.8, 4) is 0 Å². The van der Waals surface area contributed by atoms with Crippen molar-refractivity contribution in [3.63, 3.8) is 0 Å². The van der Waals surface area contributed by atoms with Gasteiger partial charge in [0.15, 0.2) is 0 Å². The molecule has 5 nitrogen and oxygen atoms in total. The van der Waals surface area contributed by atoms with E-state index in [9.17, 15) is 9.59 Å². The molecule has 2 aromatic heterocycles. The molecule has 3 aromatic rings. The SMILES string of the molecule is Cc1nn(CC(=O)NCCC(C)C)c(=O)c2c1sc1ccccc12. The number of aromatic nitrogens is 2. The van der Waals surface area contributed by atoms with Crippen LogP contribution in [0.4, 0.5) is 0 Å². The molecule has 0 radical (unpaired) electrons. The Kier molecular flexibility index (Phi) is 4.66. The lowest BCUT2D eigenvalue weighted by Gasteiger charge is -2.09. The molecule has 24 heavy (non-hydrogen) atoms. The Morgan fingerprint density at radius 2 is 2.08 bits per heavy atom. The quantitative estimate of drug-likeness (QED) is 0.774. The van der Waals surface area contributed by atoms with Gasteiger partial charge in [-0.3, -0.25) is 9.59 Å². The summed E-state index contributed by atoms with van der Waals surface area (Å²) in [6.07, 6.45) is 0.918. The van der Waals surface area contributed by atoms with E-state index in [1.165, 1.54) is 4.68 Å². The molecule has 1 amide bonds. The number of amides is 1. The number of nitrogens with one attached hydrogen (secondary N) is 1. The molecule has 0 fully saturated rings. The van der Waals surface area contributed by atoms with Gasteiger partial charge < -0.3 is 5.32 Å². The van der Waals surface area contributed by atoms with Crippen LogP contribution in [0, 0.1) is 12.8 Å². The predicted octanol–water partition coefficient (Wildman–Crippen LogP) is 3.08. The standard InChI is InChI=1S/C18H21N3O2S/c1-11(2)8-9-19-15(22)10-21-18(23)16-13-6-4-5-7-14(13)24-17(16)12(3)20-21/h4-7,11H,8-10H2,1-3H3,(H,19,22). The fourth-order valence-electron chi connectivity index (χ4n) is 2.71. The summed E-state index contributed by atoms with van der Waals surface area (Å²) in [7, 11) is 0. The Hall–Kier alpha value is -2.21. The normalized spacial score (nSPS) is 11.5. The molecule has 0 spiro atoms. The minimum atomic E-state index is -0.202. The van der Waals surface area contributed by atoms with E-state index in [-0.39, 0.29) is 18.0 Å². The van der Waals surface area contributed by atoms with Crippen molar-refractivity contribution in [1.82, 2.24) is 15.1 Å². The number of fused-ring (bicyclic) bond motifs is 3. The van der Waals surface area contributed by atoms with E-state index in [1.807, 2.05) is 31.2 Å². The maximum absolute atomic E-state index is 12.8. The topological polar surface area (TPSA) is 64.0 Å². The first-order chi connectivity index (χ1) is 11.5. The lowest BCUT2D eigenvalue weighted by atomic mass is 10.1. The molecule has 126 valence electrons. The zero-order valence-electron chi connectivity index (χ0n) is 14.1. The zero-order valence-corrected chi connectivity index (χ0v) is 14.9. The number of carbonyl (C=O) groups excluding carboxylic acids is 1. The summed E-state index contributed by atoms with van der Waals surface area (Å²) in [6.45, 7) is 6.67. The third-order valence-corrected chi connectivity index (χ3v) is 5.26. The van der Waals surface area contributed by atoms with Crippen molar-refractivity contribution in [2.75, 3.05) is 6.54 Å². The Labute approximate surface area is 144 Å². The highest BCUT2D eigenvalue weighted by Gasteiger charge is 2.15. The smallest absolute Gasteiger partial charge is 0.276 e. The van der Waals surface area contributed by atoms with Crippen molar-refractivity contribution in [3.05, 3.63) is 40.3 Å². The molecule has 0 aliphatic rings. The van der Waals surface area contributed by atoms with Crippen LogP contribution in [0.1, 0.15) is 26.0 Å². The molecular weight excluding hydrogens is 322 g/mol. The fourth-order valence-corrected chi connectivity index (χ4v) is 3.85. The van der Waals surface area contributed by atoms with Crippen molar-refractivity contribution >= 4 is 37.4 Å². The fraction of sp³-hybridized carbons (Fsp3) is 0.389. The molecule has 3 rings (SSSR count). The first-order valence-corrected chi connectivity index (χ1v) is 8.94. The third-order valence-electron chi connectivity index (χ3n) is 3.98. The Morgan fingerprint density at radius 3 is 2.83 bits per heavy atom. The van der Waals surface area contributed by atoms with Gasteiger partial charge in [-0.1, -0.05) is 32.0 Å². The summed E-state index contributed by atoms with van der Waals surface area (Å²) in [5.41, 5.74) is 0.577. The van der Waals surface area contributed by atoms with E-state index in [0.29, 0.717) is 17.8 Å². The number of carbonyl (C=O) groups is 1. The monoisotopic (exact) mass is 343 g/mol. The van der Waals surface area contributed by atoms with Gasteiger partial charge in [0.2, 0.25) is 5.91 Å². The summed E-state index contributed by atoms with van der Waals surface area (Å²) in [5.74, 6) is 0.352. The number of benzene rings is 1. The lowest BCUT2D eigenvalue weighted by Crippen LogP contribution is -2.34. The van der Waals surface area contributed by atoms with Crippen LogP contribution in [0.25, 0.3) is 20.2 Å². The predicted molar refractivity (Wildman–Crippen MR) is 98.6 cm³/mol. The van der Waals surface area contributed by atoms with E-state index in [4.69, 9.17) is 0 Å². The molecule has 1 aromatic carbocycles. The van der Waals surface area contributed by atoms with E-state index >= 15 is 0 Å². The molecule has 0 atom stereocenters. The van der Waals surface area contributed by atoms with E-state index in [0.717, 1.165) is 26.9 Å². The Balaban J connectivity index is 1.94. The van der Waals surface area contributed by atoms with Crippen LogP contribution >= 0.6 is 11.3 Å².